The number of nitrogens with one attached hydrogen (secondary N) is 1. The molecule has 0 radical (unpaired) electrons. The van der Waals surface area contributed by atoms with Crippen LogP contribution in [0.2, 0.25) is 0 Å². The first-order valence-corrected chi connectivity index (χ1v) is 7.09. The fourth-order valence-corrected chi connectivity index (χ4v) is 2.74. The van der Waals surface area contributed by atoms with Crippen molar-refractivity contribution in [3.05, 3.63) is 65.5 Å². The Morgan fingerprint density at radius 3 is 2.70 bits per heavy atom. The molecule has 0 saturated heterocycles. The van der Waals surface area contributed by atoms with Gasteiger partial charge in [0.2, 0.25) is 0 Å². The van der Waals surface area contributed by atoms with Crippen molar-refractivity contribution >= 4 is 11.9 Å². The Labute approximate surface area is 133 Å². The van der Waals surface area contributed by atoms with Gasteiger partial charge in [0.25, 0.3) is 5.91 Å². The molecule has 2 aromatic rings. The van der Waals surface area contributed by atoms with Gasteiger partial charge in [-0.15, -0.1) is 0 Å². The molecule has 118 valence electrons. The Hall–Kier alpha value is -2.89. The molecule has 3 N–H and O–H groups in total. The van der Waals surface area contributed by atoms with E-state index in [1.807, 2.05) is 0 Å². The minimum atomic E-state index is -1.23. The van der Waals surface area contributed by atoms with Crippen LogP contribution in [0.1, 0.15) is 11.1 Å². The van der Waals surface area contributed by atoms with Crippen molar-refractivity contribution < 1.29 is 13.9 Å². The lowest BCUT2D eigenvalue weighted by Crippen LogP contribution is -2.40. The van der Waals surface area contributed by atoms with Crippen LogP contribution in [0.3, 0.4) is 0 Å². The van der Waals surface area contributed by atoms with Gasteiger partial charge in [0, 0.05) is 6.42 Å². The normalized spacial score (nSPS) is 20.1. The Balaban J connectivity index is 2.10. The van der Waals surface area contributed by atoms with Crippen molar-refractivity contribution in [1.82, 2.24) is 5.32 Å². The monoisotopic (exact) mass is 313 g/mol. The summed E-state index contributed by atoms with van der Waals surface area (Å²) in [5, 5.41) is 2.53. The summed E-state index contributed by atoms with van der Waals surface area (Å²) < 4.78 is 18.7. The number of hydrogen-bond donors (Lipinski definition) is 2. The van der Waals surface area contributed by atoms with Crippen molar-refractivity contribution in [2.45, 2.75) is 12.0 Å². The number of ether oxygens (including phenoxy) is 1. The standard InChI is InChI=1S/C17H16FN3O2/c1-23-14-7-3-5-12(9-14)17(15(22)20-16(19)21-17)10-11-4-2-6-13(18)8-11/h2-9H,10H2,1H3,(H3,19,20,21,22)/t17-/m1/s1. The summed E-state index contributed by atoms with van der Waals surface area (Å²) >= 11 is 0. The maximum atomic E-state index is 13.5. The van der Waals surface area contributed by atoms with Crippen molar-refractivity contribution in [2.24, 2.45) is 10.7 Å². The highest BCUT2D eigenvalue weighted by atomic mass is 19.1. The van der Waals surface area contributed by atoms with E-state index in [0.717, 1.165) is 0 Å². The van der Waals surface area contributed by atoms with E-state index in [1.54, 1.807) is 43.5 Å². The highest BCUT2D eigenvalue weighted by Gasteiger charge is 2.45. The molecule has 1 atom stereocenters. The number of rotatable bonds is 4. The molecule has 3 rings (SSSR count). The smallest absolute Gasteiger partial charge is 0.259 e. The van der Waals surface area contributed by atoms with Gasteiger partial charge in [-0.25, -0.2) is 9.38 Å². The van der Waals surface area contributed by atoms with Crippen LogP contribution in [0.15, 0.2) is 53.5 Å². The molecule has 0 aromatic heterocycles. The molecule has 5 nitrogen and oxygen atoms in total. The molecule has 0 unspecified atom stereocenters. The van der Waals surface area contributed by atoms with Gasteiger partial charge < -0.3 is 10.5 Å². The number of benzene rings is 2. The van der Waals surface area contributed by atoms with Gasteiger partial charge in [-0.2, -0.15) is 0 Å². The molecule has 6 heteroatoms. The van der Waals surface area contributed by atoms with Crippen LogP contribution in [-0.2, 0) is 16.8 Å². The quantitative estimate of drug-likeness (QED) is 0.902. The summed E-state index contributed by atoms with van der Waals surface area (Å²) in [7, 11) is 1.55. The summed E-state index contributed by atoms with van der Waals surface area (Å²) in [5.41, 5.74) is 5.77. The third-order valence-corrected chi connectivity index (χ3v) is 3.82. The fourth-order valence-electron chi connectivity index (χ4n) is 2.74. The van der Waals surface area contributed by atoms with Crippen molar-refractivity contribution in [3.63, 3.8) is 0 Å². The molecule has 1 aliphatic heterocycles. The van der Waals surface area contributed by atoms with Gasteiger partial charge in [0.15, 0.2) is 11.5 Å². The van der Waals surface area contributed by atoms with Crippen LogP contribution in [0.25, 0.3) is 0 Å². The van der Waals surface area contributed by atoms with Gasteiger partial charge in [0.1, 0.15) is 11.6 Å². The molecule has 0 aliphatic carbocycles. The number of aliphatic imine (C=N–C) groups is 1. The van der Waals surface area contributed by atoms with Crippen LogP contribution in [0.5, 0.6) is 5.75 Å². The summed E-state index contributed by atoms with van der Waals surface area (Å²) in [6, 6.07) is 13.2. The predicted molar refractivity (Wildman–Crippen MR) is 84.5 cm³/mol. The van der Waals surface area contributed by atoms with E-state index < -0.39 is 5.54 Å². The van der Waals surface area contributed by atoms with E-state index in [0.29, 0.717) is 16.9 Å². The molecule has 0 saturated carbocycles. The Morgan fingerprint density at radius 2 is 2.04 bits per heavy atom. The topological polar surface area (TPSA) is 76.7 Å². The van der Waals surface area contributed by atoms with Gasteiger partial charge in [0.05, 0.1) is 7.11 Å². The number of amides is 1. The Bertz CT molecular complexity index is 791. The molecule has 0 fully saturated rings. The van der Waals surface area contributed by atoms with Crippen LogP contribution in [0.4, 0.5) is 4.39 Å². The number of nitrogens with two attached hydrogens (primary N) is 1. The summed E-state index contributed by atoms with van der Waals surface area (Å²) in [6.45, 7) is 0. The largest absolute Gasteiger partial charge is 0.497 e. The molecule has 23 heavy (non-hydrogen) atoms. The van der Waals surface area contributed by atoms with Crippen molar-refractivity contribution in [2.75, 3.05) is 7.11 Å². The number of halogens is 1. The average molecular weight is 313 g/mol. The maximum Gasteiger partial charge on any atom is 0.259 e. The van der Waals surface area contributed by atoms with Crippen LogP contribution in [0, 0.1) is 5.82 Å². The second-order valence-electron chi connectivity index (χ2n) is 5.35. The van der Waals surface area contributed by atoms with Crippen LogP contribution in [-0.4, -0.2) is 19.0 Å². The number of nitrogens with zero attached hydrogens (tertiary/aromatic N) is 1. The number of carbonyl (C=O) groups is 1. The van der Waals surface area contributed by atoms with E-state index in [1.165, 1.54) is 12.1 Å². The number of hydrogen-bond acceptors (Lipinski definition) is 4. The fraction of sp³-hybridized carbons (Fsp3) is 0.176. The summed E-state index contributed by atoms with van der Waals surface area (Å²) in [5.74, 6) is -0.0463. The Morgan fingerprint density at radius 1 is 1.26 bits per heavy atom. The first-order valence-electron chi connectivity index (χ1n) is 7.09. The number of methoxy groups -OCH3 is 1. The lowest BCUT2D eigenvalue weighted by atomic mass is 9.84. The highest BCUT2D eigenvalue weighted by Crippen LogP contribution is 2.35. The molecule has 0 bridgehead atoms. The van der Waals surface area contributed by atoms with E-state index in [4.69, 9.17) is 10.5 Å². The van der Waals surface area contributed by atoms with Crippen molar-refractivity contribution in [3.8, 4) is 5.75 Å². The van der Waals surface area contributed by atoms with Crippen molar-refractivity contribution in [1.29, 1.82) is 0 Å². The third kappa shape index (κ3) is 2.75. The molecular weight excluding hydrogens is 297 g/mol. The van der Waals surface area contributed by atoms with Gasteiger partial charge >= 0.3 is 0 Å². The molecule has 1 amide bonds. The number of guanidine groups is 1. The van der Waals surface area contributed by atoms with Gasteiger partial charge in [-0.1, -0.05) is 24.3 Å². The van der Waals surface area contributed by atoms with Gasteiger partial charge in [-0.3, -0.25) is 10.1 Å². The van der Waals surface area contributed by atoms with Crippen LogP contribution < -0.4 is 15.8 Å². The highest BCUT2D eigenvalue weighted by molar-refractivity contribution is 6.07. The molecular formula is C17H16FN3O2. The Kier molecular flexibility index (Phi) is 3.73. The lowest BCUT2D eigenvalue weighted by Gasteiger charge is -2.24. The first-order chi connectivity index (χ1) is 11.0. The summed E-state index contributed by atoms with van der Waals surface area (Å²) in [6.07, 6.45) is 0.199. The molecule has 1 heterocycles. The van der Waals surface area contributed by atoms with Crippen LogP contribution >= 0.6 is 0 Å². The van der Waals surface area contributed by atoms with E-state index >= 15 is 0 Å². The zero-order valence-corrected chi connectivity index (χ0v) is 12.5. The molecule has 1 aliphatic rings. The second kappa shape index (κ2) is 5.72. The zero-order chi connectivity index (χ0) is 16.4. The first kappa shape index (κ1) is 15.0. The molecule has 2 aromatic carbocycles. The second-order valence-corrected chi connectivity index (χ2v) is 5.35. The van der Waals surface area contributed by atoms with E-state index in [2.05, 4.69) is 10.3 Å². The average Bonchev–Trinajstić information content (AvgIpc) is 2.82. The minimum absolute atomic E-state index is 0.0502. The number of carbonyl (C=O) groups excluding carboxylic acids is 1. The third-order valence-electron chi connectivity index (χ3n) is 3.82. The zero-order valence-electron chi connectivity index (χ0n) is 12.5. The van der Waals surface area contributed by atoms with E-state index in [-0.39, 0.29) is 24.1 Å². The lowest BCUT2D eigenvalue weighted by molar-refractivity contribution is -0.124. The van der Waals surface area contributed by atoms with Gasteiger partial charge in [-0.05, 0) is 35.4 Å². The predicted octanol–water partition coefficient (Wildman–Crippen LogP) is 1.72. The maximum absolute atomic E-state index is 13.5. The minimum Gasteiger partial charge on any atom is -0.497 e. The molecule has 0 spiro atoms. The SMILES string of the molecule is COc1cccc([C@@]2(Cc3cccc(F)c3)N=C(N)NC2=O)c1. The summed E-state index contributed by atoms with van der Waals surface area (Å²) in [4.78, 5) is 16.9. The van der Waals surface area contributed by atoms with E-state index in [9.17, 15) is 9.18 Å².